The first-order chi connectivity index (χ1) is 14.0. The summed E-state index contributed by atoms with van der Waals surface area (Å²) in [6.07, 6.45) is 0.0249. The van der Waals surface area contributed by atoms with Gasteiger partial charge in [-0.25, -0.2) is 4.98 Å². The number of carbonyl (C=O) groups excluding carboxylic acids is 1. The Kier molecular flexibility index (Phi) is 9.50. The number of benzene rings is 1. The molecule has 1 atom stereocenters. The number of halogens is 1. The minimum absolute atomic E-state index is 0. The number of morpholine rings is 1. The molecule has 1 aromatic heterocycles. The van der Waals surface area contributed by atoms with Crippen molar-refractivity contribution in [2.45, 2.75) is 26.9 Å². The van der Waals surface area contributed by atoms with Crippen LogP contribution < -0.4 is 10.6 Å². The van der Waals surface area contributed by atoms with E-state index in [1.54, 1.807) is 12.6 Å². The number of aliphatic imine (C=N–C) groups is 1. The van der Waals surface area contributed by atoms with E-state index in [1.165, 1.54) is 28.0 Å². The van der Waals surface area contributed by atoms with Crippen LogP contribution in [-0.2, 0) is 4.74 Å². The lowest BCUT2D eigenvalue weighted by atomic mass is 10.00. The van der Waals surface area contributed by atoms with Gasteiger partial charge in [0.15, 0.2) is 5.96 Å². The summed E-state index contributed by atoms with van der Waals surface area (Å²) in [6.45, 7) is 9.37. The number of nitrogens with zero attached hydrogens (tertiary/aromatic N) is 3. The van der Waals surface area contributed by atoms with Crippen LogP contribution in [0.2, 0.25) is 0 Å². The lowest BCUT2D eigenvalue weighted by Crippen LogP contribution is -2.49. The third kappa shape index (κ3) is 6.14. The maximum absolute atomic E-state index is 12.2. The lowest BCUT2D eigenvalue weighted by Gasteiger charge is -2.35. The van der Waals surface area contributed by atoms with Crippen molar-refractivity contribution >= 4 is 47.2 Å². The number of hydrogen-bond donors (Lipinski definition) is 2. The Bertz CT molecular complexity index is 886. The zero-order valence-corrected chi connectivity index (χ0v) is 21.0. The number of carbonyl (C=O) groups is 1. The molecule has 1 fully saturated rings. The van der Waals surface area contributed by atoms with Crippen molar-refractivity contribution in [3.05, 3.63) is 51.0 Å². The molecule has 1 aliphatic heterocycles. The van der Waals surface area contributed by atoms with Gasteiger partial charge in [-0.3, -0.25) is 9.79 Å². The van der Waals surface area contributed by atoms with E-state index in [0.29, 0.717) is 24.6 Å². The second-order valence-electron chi connectivity index (χ2n) is 7.16. The predicted molar refractivity (Wildman–Crippen MR) is 132 cm³/mol. The fourth-order valence-electron chi connectivity index (χ4n) is 3.50. The molecule has 2 N–H and O–H groups in total. The molecular weight excluding hydrogens is 513 g/mol. The van der Waals surface area contributed by atoms with Gasteiger partial charge in [0, 0.05) is 26.7 Å². The summed E-state index contributed by atoms with van der Waals surface area (Å²) in [5.41, 5.74) is 6.19. The molecule has 1 unspecified atom stereocenters. The Morgan fingerprint density at radius 1 is 1.30 bits per heavy atom. The highest BCUT2D eigenvalue weighted by Gasteiger charge is 2.25. The van der Waals surface area contributed by atoms with E-state index >= 15 is 0 Å². The van der Waals surface area contributed by atoms with Gasteiger partial charge in [0.2, 0.25) is 0 Å². The van der Waals surface area contributed by atoms with Crippen molar-refractivity contribution in [3.8, 4) is 0 Å². The average Bonchev–Trinajstić information content (AvgIpc) is 3.14. The molecule has 30 heavy (non-hydrogen) atoms. The molecule has 164 valence electrons. The Balaban J connectivity index is 0.00000320. The zero-order chi connectivity index (χ0) is 20.8. The van der Waals surface area contributed by atoms with Crippen LogP contribution in [0.5, 0.6) is 0 Å². The predicted octanol–water partition coefficient (Wildman–Crippen LogP) is 3.07. The van der Waals surface area contributed by atoms with Crippen LogP contribution in [0.1, 0.15) is 38.2 Å². The molecular formula is C21H30IN5O2S. The Morgan fingerprint density at radius 2 is 2.07 bits per heavy atom. The molecule has 3 rings (SSSR count). The smallest absolute Gasteiger partial charge is 0.263 e. The molecule has 0 aliphatic carbocycles. The van der Waals surface area contributed by atoms with Crippen molar-refractivity contribution in [3.63, 3.8) is 0 Å². The summed E-state index contributed by atoms with van der Waals surface area (Å²) in [4.78, 5) is 23.6. The topological polar surface area (TPSA) is 78.8 Å². The Morgan fingerprint density at radius 3 is 2.73 bits per heavy atom. The number of nitrogens with one attached hydrogen (secondary N) is 2. The third-order valence-corrected chi connectivity index (χ3v) is 5.92. The van der Waals surface area contributed by atoms with Crippen LogP contribution in [0.4, 0.5) is 0 Å². The fraction of sp³-hybridized carbons (Fsp3) is 0.476. The molecule has 0 saturated carbocycles. The fourth-order valence-corrected chi connectivity index (χ4v) is 4.22. The molecule has 2 heterocycles. The van der Waals surface area contributed by atoms with E-state index in [-0.39, 0.29) is 36.0 Å². The Hall–Kier alpha value is -1.72. The molecule has 1 aliphatic rings. The summed E-state index contributed by atoms with van der Waals surface area (Å²) in [5, 5.41) is 6.27. The largest absolute Gasteiger partial charge is 0.370 e. The van der Waals surface area contributed by atoms with Gasteiger partial charge in [0.25, 0.3) is 5.91 Å². The molecule has 1 saturated heterocycles. The van der Waals surface area contributed by atoms with Crippen molar-refractivity contribution in [2.75, 3.05) is 39.8 Å². The molecule has 0 radical (unpaired) electrons. The third-order valence-electron chi connectivity index (χ3n) is 5.00. The molecule has 7 nitrogen and oxygen atoms in total. The van der Waals surface area contributed by atoms with E-state index in [9.17, 15) is 4.79 Å². The van der Waals surface area contributed by atoms with E-state index in [0.717, 1.165) is 24.7 Å². The van der Waals surface area contributed by atoms with Crippen LogP contribution in [-0.4, -0.2) is 61.6 Å². The first-order valence-electron chi connectivity index (χ1n) is 9.82. The van der Waals surface area contributed by atoms with Crippen molar-refractivity contribution in [1.82, 2.24) is 20.5 Å². The highest BCUT2D eigenvalue weighted by molar-refractivity contribution is 14.0. The molecule has 1 aromatic carbocycles. The molecule has 9 heteroatoms. The highest BCUT2D eigenvalue weighted by Crippen LogP contribution is 2.25. The van der Waals surface area contributed by atoms with Crippen molar-refractivity contribution in [1.29, 1.82) is 0 Å². The maximum Gasteiger partial charge on any atom is 0.263 e. The van der Waals surface area contributed by atoms with Gasteiger partial charge in [-0.1, -0.05) is 23.8 Å². The number of hydrogen-bond acceptors (Lipinski definition) is 5. The van der Waals surface area contributed by atoms with Crippen LogP contribution in [0.3, 0.4) is 0 Å². The number of aryl methyl sites for hydroxylation is 3. The summed E-state index contributed by atoms with van der Waals surface area (Å²) in [7, 11) is 1.78. The van der Waals surface area contributed by atoms with E-state index in [4.69, 9.17) is 4.74 Å². The van der Waals surface area contributed by atoms with E-state index in [2.05, 4.69) is 57.6 Å². The normalized spacial score (nSPS) is 16.7. The monoisotopic (exact) mass is 543 g/mol. The second-order valence-corrected chi connectivity index (χ2v) is 8.02. The van der Waals surface area contributed by atoms with Gasteiger partial charge in [0.05, 0.1) is 24.4 Å². The van der Waals surface area contributed by atoms with Gasteiger partial charge >= 0.3 is 0 Å². The van der Waals surface area contributed by atoms with Gasteiger partial charge in [-0.2, -0.15) is 0 Å². The standard InChI is InChI=1S/C21H29N5O2S.HI/c1-14-5-6-17(15(2)11-14)18-12-26(9-10-28-18)21(22-4)24-8-7-23-20(27)19-16(3)25-13-29-19;/h5-6,11,13,18H,7-10,12H2,1-4H3,(H,22,24)(H,23,27);1H. The first kappa shape index (κ1) is 24.5. The summed E-state index contributed by atoms with van der Waals surface area (Å²) in [6, 6.07) is 6.48. The minimum atomic E-state index is -0.0805. The summed E-state index contributed by atoms with van der Waals surface area (Å²) >= 11 is 1.36. The zero-order valence-electron chi connectivity index (χ0n) is 17.9. The lowest BCUT2D eigenvalue weighted by molar-refractivity contribution is -0.00829. The molecule has 0 spiro atoms. The van der Waals surface area contributed by atoms with Crippen LogP contribution in [0.25, 0.3) is 0 Å². The van der Waals surface area contributed by atoms with E-state index in [1.807, 2.05) is 6.92 Å². The number of amides is 1. The average molecular weight is 543 g/mol. The number of thiazole rings is 1. The van der Waals surface area contributed by atoms with Crippen LogP contribution in [0, 0.1) is 20.8 Å². The molecule has 1 amide bonds. The van der Waals surface area contributed by atoms with Crippen LogP contribution >= 0.6 is 35.3 Å². The van der Waals surface area contributed by atoms with Crippen LogP contribution in [0.15, 0.2) is 28.7 Å². The summed E-state index contributed by atoms with van der Waals surface area (Å²) < 4.78 is 6.03. The number of aromatic nitrogens is 1. The second kappa shape index (κ2) is 11.6. The van der Waals surface area contributed by atoms with Gasteiger partial charge < -0.3 is 20.3 Å². The highest BCUT2D eigenvalue weighted by atomic mass is 127. The number of guanidine groups is 1. The number of ether oxygens (including phenoxy) is 1. The minimum Gasteiger partial charge on any atom is -0.370 e. The summed E-state index contributed by atoms with van der Waals surface area (Å²) in [5.74, 6) is 0.745. The Labute approximate surface area is 199 Å². The first-order valence-corrected chi connectivity index (χ1v) is 10.7. The quantitative estimate of drug-likeness (QED) is 0.263. The van der Waals surface area contributed by atoms with Crippen molar-refractivity contribution in [2.24, 2.45) is 4.99 Å². The van der Waals surface area contributed by atoms with Gasteiger partial charge in [-0.15, -0.1) is 35.3 Å². The SMILES string of the molecule is CN=C(NCCNC(=O)c1scnc1C)N1CCOC(c2ccc(C)cc2C)C1.I. The van der Waals surface area contributed by atoms with E-state index < -0.39 is 0 Å². The maximum atomic E-state index is 12.2. The van der Waals surface area contributed by atoms with Crippen molar-refractivity contribution < 1.29 is 9.53 Å². The molecule has 0 bridgehead atoms. The van der Waals surface area contributed by atoms with Gasteiger partial charge in [-0.05, 0) is 31.9 Å². The molecule has 2 aromatic rings. The number of rotatable bonds is 5. The van der Waals surface area contributed by atoms with Gasteiger partial charge in [0.1, 0.15) is 11.0 Å².